The molecule has 55 heavy (non-hydrogen) atoms. The number of nitrogens with zero attached hydrogens (tertiary/aromatic N) is 2. The molecule has 2 nitrogen and oxygen atoms in total. The number of anilines is 6. The van der Waals surface area contributed by atoms with E-state index >= 15 is 0 Å². The lowest BCUT2D eigenvalue weighted by molar-refractivity contribution is 1.28. The first-order valence-electron chi connectivity index (χ1n) is 18.8. The Bertz CT molecular complexity index is 2690. The zero-order valence-electron chi connectivity index (χ0n) is 30.8. The van der Waals surface area contributed by atoms with Crippen molar-refractivity contribution >= 4 is 67.8 Å². The van der Waals surface area contributed by atoms with Gasteiger partial charge in [-0.1, -0.05) is 158 Å². The molecule has 0 bridgehead atoms. The first kappa shape index (κ1) is 33.7. The van der Waals surface area contributed by atoms with Crippen molar-refractivity contribution in [3.05, 3.63) is 229 Å². The zero-order valence-corrected chi connectivity index (χ0v) is 30.8. The van der Waals surface area contributed by atoms with Gasteiger partial charge in [0.15, 0.2) is 0 Å². The van der Waals surface area contributed by atoms with E-state index in [4.69, 9.17) is 0 Å². The average molecular weight is 705 g/mol. The van der Waals surface area contributed by atoms with Gasteiger partial charge in [0.05, 0.1) is 5.69 Å². The van der Waals surface area contributed by atoms with Gasteiger partial charge in [0.2, 0.25) is 0 Å². The lowest BCUT2D eigenvalue weighted by Gasteiger charge is -2.28. The second-order valence-electron chi connectivity index (χ2n) is 13.9. The van der Waals surface area contributed by atoms with Crippen LogP contribution in [-0.4, -0.2) is 0 Å². The van der Waals surface area contributed by atoms with Crippen LogP contribution in [0.1, 0.15) is 16.7 Å². The summed E-state index contributed by atoms with van der Waals surface area (Å²) in [5.41, 5.74) is 12.7. The first-order chi connectivity index (χ1) is 27.2. The molecular weight excluding hydrogens is 665 g/mol. The number of benzene rings is 9. The van der Waals surface area contributed by atoms with Crippen LogP contribution < -0.4 is 9.80 Å². The average Bonchev–Trinajstić information content (AvgIpc) is 3.25. The second kappa shape index (κ2) is 15.1. The topological polar surface area (TPSA) is 6.48 Å². The molecule has 2 heteroatoms. The SMILES string of the molecule is Cc1cccc(N(c2ccc(-c3ccc(C=Cc4ccc(N(c5ccccc5)c5ccccc5)cc4)cc3)cc2)c2cc3ccccc3c3ccccc23)c1. The third kappa shape index (κ3) is 7.02. The maximum absolute atomic E-state index is 2.40. The van der Waals surface area contributed by atoms with Crippen molar-refractivity contribution in [3.8, 4) is 11.1 Å². The fourth-order valence-electron chi connectivity index (χ4n) is 7.53. The number of aryl methyl sites for hydroxylation is 1. The van der Waals surface area contributed by atoms with E-state index in [1.165, 1.54) is 43.9 Å². The van der Waals surface area contributed by atoms with Crippen LogP contribution in [0.2, 0.25) is 0 Å². The largest absolute Gasteiger partial charge is 0.311 e. The molecule has 0 saturated heterocycles. The number of para-hydroxylation sites is 2. The lowest BCUT2D eigenvalue weighted by atomic mass is 9.98. The van der Waals surface area contributed by atoms with Crippen LogP contribution in [0.4, 0.5) is 34.1 Å². The van der Waals surface area contributed by atoms with Gasteiger partial charge >= 0.3 is 0 Å². The minimum Gasteiger partial charge on any atom is -0.311 e. The Morgan fingerprint density at radius 2 is 0.782 bits per heavy atom. The van der Waals surface area contributed by atoms with Crippen molar-refractivity contribution in [1.82, 2.24) is 0 Å². The highest BCUT2D eigenvalue weighted by Crippen LogP contribution is 2.42. The summed E-state index contributed by atoms with van der Waals surface area (Å²) in [4.78, 5) is 4.68. The number of hydrogen-bond donors (Lipinski definition) is 0. The Hall–Kier alpha value is -7.16. The molecule has 262 valence electrons. The smallest absolute Gasteiger partial charge is 0.0546 e. The Morgan fingerprint density at radius 3 is 1.40 bits per heavy atom. The zero-order chi connectivity index (χ0) is 37.0. The van der Waals surface area contributed by atoms with Crippen molar-refractivity contribution in [3.63, 3.8) is 0 Å². The van der Waals surface area contributed by atoms with E-state index in [0.717, 1.165) is 39.6 Å². The molecule has 0 spiro atoms. The van der Waals surface area contributed by atoms with E-state index in [1.54, 1.807) is 0 Å². The van der Waals surface area contributed by atoms with Crippen LogP contribution in [0.15, 0.2) is 212 Å². The lowest BCUT2D eigenvalue weighted by Crippen LogP contribution is -2.10. The molecule has 0 fully saturated rings. The van der Waals surface area contributed by atoms with Gasteiger partial charge in [-0.15, -0.1) is 0 Å². The van der Waals surface area contributed by atoms with Crippen molar-refractivity contribution < 1.29 is 0 Å². The molecule has 9 aromatic rings. The quantitative estimate of drug-likeness (QED) is 0.109. The molecule has 0 amide bonds. The molecule has 0 aliphatic heterocycles. The van der Waals surface area contributed by atoms with Gasteiger partial charge < -0.3 is 9.80 Å². The third-order valence-corrected chi connectivity index (χ3v) is 10.3. The molecule has 0 aliphatic rings. The first-order valence-corrected chi connectivity index (χ1v) is 18.8. The van der Waals surface area contributed by atoms with E-state index in [1.807, 2.05) is 0 Å². The Labute approximate surface area is 323 Å². The molecule has 0 saturated carbocycles. The van der Waals surface area contributed by atoms with Crippen molar-refractivity contribution in [2.24, 2.45) is 0 Å². The van der Waals surface area contributed by atoms with Gasteiger partial charge in [-0.25, -0.2) is 0 Å². The fourth-order valence-corrected chi connectivity index (χ4v) is 7.53. The fraction of sp³-hybridized carbons (Fsp3) is 0.0189. The maximum Gasteiger partial charge on any atom is 0.0546 e. The van der Waals surface area contributed by atoms with Crippen LogP contribution in [0.3, 0.4) is 0 Å². The second-order valence-corrected chi connectivity index (χ2v) is 13.9. The molecular formula is C53H40N2. The van der Waals surface area contributed by atoms with E-state index in [-0.39, 0.29) is 0 Å². The monoisotopic (exact) mass is 704 g/mol. The van der Waals surface area contributed by atoms with E-state index in [0.29, 0.717) is 0 Å². The molecule has 0 radical (unpaired) electrons. The summed E-state index contributed by atoms with van der Waals surface area (Å²) in [6, 6.07) is 76.1. The summed E-state index contributed by atoms with van der Waals surface area (Å²) in [7, 11) is 0. The molecule has 0 unspecified atom stereocenters. The van der Waals surface area contributed by atoms with E-state index in [2.05, 4.69) is 241 Å². The number of hydrogen-bond acceptors (Lipinski definition) is 2. The summed E-state index contributed by atoms with van der Waals surface area (Å²) < 4.78 is 0. The summed E-state index contributed by atoms with van der Waals surface area (Å²) in [6.45, 7) is 2.16. The Kier molecular flexibility index (Phi) is 9.22. The summed E-state index contributed by atoms with van der Waals surface area (Å²) in [6.07, 6.45) is 4.36. The predicted octanol–water partition coefficient (Wildman–Crippen LogP) is 15.1. The standard InChI is InChI=1S/C53H40N2/c1-39-13-12-19-49(37-39)55(53-38-44-14-8-9-20-50(44)51-21-10-11-22-52(51)53)48-35-31-43(32-36-48)42-29-25-40(26-30-42)23-24-41-27-33-47(34-28-41)54(45-15-4-2-5-16-45)46-17-6-3-7-18-46/h2-38H,1H3. The molecule has 9 aromatic carbocycles. The summed E-state index contributed by atoms with van der Waals surface area (Å²) in [5, 5.41) is 4.99. The predicted molar refractivity (Wildman–Crippen MR) is 236 cm³/mol. The molecule has 0 N–H and O–H groups in total. The van der Waals surface area contributed by atoms with Crippen LogP contribution in [-0.2, 0) is 0 Å². The van der Waals surface area contributed by atoms with Gasteiger partial charge in [0, 0.05) is 33.8 Å². The highest BCUT2D eigenvalue weighted by Gasteiger charge is 2.18. The highest BCUT2D eigenvalue weighted by atomic mass is 15.1. The van der Waals surface area contributed by atoms with Crippen LogP contribution in [0.5, 0.6) is 0 Å². The van der Waals surface area contributed by atoms with Gasteiger partial charge in [-0.3, -0.25) is 0 Å². The van der Waals surface area contributed by atoms with Gasteiger partial charge in [0.1, 0.15) is 0 Å². The van der Waals surface area contributed by atoms with Gasteiger partial charge in [-0.05, 0) is 118 Å². The molecule has 0 heterocycles. The normalized spacial score (nSPS) is 11.3. The van der Waals surface area contributed by atoms with E-state index < -0.39 is 0 Å². The summed E-state index contributed by atoms with van der Waals surface area (Å²) in [5.74, 6) is 0. The Balaban J connectivity index is 0.970. The van der Waals surface area contributed by atoms with Crippen LogP contribution in [0, 0.1) is 6.92 Å². The van der Waals surface area contributed by atoms with Gasteiger partial charge in [-0.2, -0.15) is 0 Å². The molecule has 0 aliphatic carbocycles. The van der Waals surface area contributed by atoms with Crippen molar-refractivity contribution in [2.75, 3.05) is 9.80 Å². The summed E-state index contributed by atoms with van der Waals surface area (Å²) >= 11 is 0. The molecule has 0 aromatic heterocycles. The highest BCUT2D eigenvalue weighted by molar-refractivity contribution is 6.14. The van der Waals surface area contributed by atoms with Gasteiger partial charge in [0.25, 0.3) is 0 Å². The maximum atomic E-state index is 2.40. The Morgan fingerprint density at radius 1 is 0.327 bits per heavy atom. The number of fused-ring (bicyclic) bond motifs is 3. The van der Waals surface area contributed by atoms with Crippen LogP contribution >= 0.6 is 0 Å². The van der Waals surface area contributed by atoms with Crippen molar-refractivity contribution in [1.29, 1.82) is 0 Å². The van der Waals surface area contributed by atoms with Crippen molar-refractivity contribution in [2.45, 2.75) is 6.92 Å². The van der Waals surface area contributed by atoms with E-state index in [9.17, 15) is 0 Å². The molecule has 9 rings (SSSR count). The van der Waals surface area contributed by atoms with Crippen LogP contribution in [0.25, 0.3) is 44.8 Å². The third-order valence-electron chi connectivity index (χ3n) is 10.3. The minimum absolute atomic E-state index is 1.12. The molecule has 0 atom stereocenters. The minimum atomic E-state index is 1.12. The number of rotatable bonds is 9.